The van der Waals surface area contributed by atoms with Crippen molar-refractivity contribution < 1.29 is 9.53 Å². The minimum absolute atomic E-state index is 0.100. The number of ether oxygens (including phenoxy) is 1. The van der Waals surface area contributed by atoms with Crippen LogP contribution in [0.4, 0.5) is 0 Å². The molecule has 0 radical (unpaired) electrons. The number of nitrogens with zero attached hydrogens (tertiary/aromatic N) is 5. The molecule has 0 saturated carbocycles. The van der Waals surface area contributed by atoms with Crippen molar-refractivity contribution in [3.8, 4) is 5.75 Å². The monoisotopic (exact) mass is 451 g/mol. The second-order valence-electron chi connectivity index (χ2n) is 8.42. The first-order valence-electron chi connectivity index (χ1n) is 11.1. The van der Waals surface area contributed by atoms with E-state index in [-0.39, 0.29) is 5.91 Å². The molecule has 1 amide bonds. The van der Waals surface area contributed by atoms with E-state index < -0.39 is 0 Å². The number of aromatic nitrogens is 4. The van der Waals surface area contributed by atoms with Gasteiger partial charge in [-0.2, -0.15) is 0 Å². The lowest BCUT2D eigenvalue weighted by molar-refractivity contribution is 0.0781. The van der Waals surface area contributed by atoms with Gasteiger partial charge in [0, 0.05) is 36.1 Å². The maximum absolute atomic E-state index is 12.9. The quantitative estimate of drug-likeness (QED) is 0.373. The van der Waals surface area contributed by atoms with Gasteiger partial charge in [-0.25, -0.2) is 15.0 Å². The topological polar surface area (TPSA) is 72.6 Å². The summed E-state index contributed by atoms with van der Waals surface area (Å²) in [6, 6.07) is 19.1. The Morgan fingerprint density at radius 3 is 2.56 bits per heavy atom. The maximum atomic E-state index is 12.9. The molecule has 0 aliphatic heterocycles. The lowest BCUT2D eigenvalue weighted by Gasteiger charge is -2.17. The molecule has 0 aliphatic carbocycles. The second-order valence-corrected chi connectivity index (χ2v) is 8.42. The molecule has 0 saturated heterocycles. The van der Waals surface area contributed by atoms with E-state index in [1.54, 1.807) is 36.2 Å². The molecule has 3 heterocycles. The third-order valence-electron chi connectivity index (χ3n) is 5.70. The molecule has 0 N–H and O–H groups in total. The first-order chi connectivity index (χ1) is 16.5. The molecule has 0 spiro atoms. The highest BCUT2D eigenvalue weighted by atomic mass is 16.5. The maximum Gasteiger partial charge on any atom is 0.254 e. The number of imidazole rings is 1. The highest BCUT2D eigenvalue weighted by Crippen LogP contribution is 2.18. The summed E-state index contributed by atoms with van der Waals surface area (Å²) in [5.41, 5.74) is 5.27. The Morgan fingerprint density at radius 2 is 1.74 bits per heavy atom. The predicted molar refractivity (Wildman–Crippen MR) is 131 cm³/mol. The average molecular weight is 452 g/mol. The molecule has 7 nitrogen and oxygen atoms in total. The Morgan fingerprint density at radius 1 is 0.941 bits per heavy atom. The molecule has 0 aliphatic rings. The van der Waals surface area contributed by atoms with Crippen molar-refractivity contribution >= 4 is 22.5 Å². The highest BCUT2D eigenvalue weighted by molar-refractivity contribution is 5.94. The summed E-state index contributed by atoms with van der Waals surface area (Å²) in [5, 5.41) is 1.02. The Bertz CT molecular complexity index is 1490. The highest BCUT2D eigenvalue weighted by Gasteiger charge is 2.15. The van der Waals surface area contributed by atoms with Crippen LogP contribution in [-0.2, 0) is 13.2 Å². The molecule has 5 rings (SSSR count). The van der Waals surface area contributed by atoms with E-state index in [0.717, 1.165) is 27.9 Å². The van der Waals surface area contributed by atoms with Crippen molar-refractivity contribution in [1.82, 2.24) is 24.3 Å². The summed E-state index contributed by atoms with van der Waals surface area (Å²) in [7, 11) is 1.76. The molecule has 0 fully saturated rings. The lowest BCUT2D eigenvalue weighted by atomic mass is 10.2. The van der Waals surface area contributed by atoms with E-state index in [4.69, 9.17) is 4.74 Å². The number of fused-ring (bicyclic) bond motifs is 2. The minimum Gasteiger partial charge on any atom is -0.487 e. The lowest BCUT2D eigenvalue weighted by Crippen LogP contribution is -2.27. The van der Waals surface area contributed by atoms with Crippen LogP contribution >= 0.6 is 0 Å². The molecular weight excluding hydrogens is 426 g/mol. The van der Waals surface area contributed by atoms with Gasteiger partial charge in [0.05, 0.1) is 17.8 Å². The van der Waals surface area contributed by atoms with E-state index in [0.29, 0.717) is 30.3 Å². The van der Waals surface area contributed by atoms with E-state index >= 15 is 0 Å². The summed E-state index contributed by atoms with van der Waals surface area (Å²) in [4.78, 5) is 28.3. The van der Waals surface area contributed by atoms with Crippen molar-refractivity contribution in [2.45, 2.75) is 27.0 Å². The third kappa shape index (κ3) is 4.45. The normalized spacial score (nSPS) is 11.1. The van der Waals surface area contributed by atoms with Gasteiger partial charge in [0.1, 0.15) is 23.8 Å². The van der Waals surface area contributed by atoms with Crippen LogP contribution in [-0.4, -0.2) is 37.2 Å². The van der Waals surface area contributed by atoms with Gasteiger partial charge >= 0.3 is 0 Å². The number of rotatable bonds is 6. The van der Waals surface area contributed by atoms with Crippen LogP contribution in [0.1, 0.15) is 33.1 Å². The van der Waals surface area contributed by atoms with Crippen molar-refractivity contribution in [2.75, 3.05) is 7.05 Å². The van der Waals surface area contributed by atoms with Crippen LogP contribution in [0.15, 0.2) is 73.1 Å². The van der Waals surface area contributed by atoms with Gasteiger partial charge in [0.15, 0.2) is 0 Å². The summed E-state index contributed by atoms with van der Waals surface area (Å²) in [5.74, 6) is 1.20. The molecule has 0 atom stereocenters. The number of para-hydroxylation sites is 1. The van der Waals surface area contributed by atoms with E-state index in [9.17, 15) is 4.79 Å². The fourth-order valence-electron chi connectivity index (χ4n) is 3.95. The Kier molecular flexibility index (Phi) is 5.67. The van der Waals surface area contributed by atoms with Gasteiger partial charge in [-0.05, 0) is 55.8 Å². The Hall–Kier alpha value is -4.26. The van der Waals surface area contributed by atoms with Gasteiger partial charge < -0.3 is 14.0 Å². The summed E-state index contributed by atoms with van der Waals surface area (Å²) >= 11 is 0. The fourth-order valence-corrected chi connectivity index (χ4v) is 3.95. The molecule has 3 aromatic heterocycles. The van der Waals surface area contributed by atoms with Crippen molar-refractivity contribution in [1.29, 1.82) is 0 Å². The van der Waals surface area contributed by atoms with Gasteiger partial charge in [-0.1, -0.05) is 24.3 Å². The van der Waals surface area contributed by atoms with E-state index in [1.807, 2.05) is 67.0 Å². The van der Waals surface area contributed by atoms with E-state index in [1.165, 1.54) is 5.56 Å². The smallest absolute Gasteiger partial charge is 0.254 e. The zero-order valence-corrected chi connectivity index (χ0v) is 19.4. The number of carbonyl (C=O) groups is 1. The van der Waals surface area contributed by atoms with Gasteiger partial charge in [0.25, 0.3) is 5.91 Å². The minimum atomic E-state index is -0.100. The predicted octanol–water partition coefficient (Wildman–Crippen LogP) is 4.75. The van der Waals surface area contributed by atoms with E-state index in [2.05, 4.69) is 15.0 Å². The molecule has 7 heteroatoms. The molecule has 170 valence electrons. The molecule has 0 unspecified atom stereocenters. The first kappa shape index (κ1) is 21.6. The number of amides is 1. The molecule has 5 aromatic rings. The number of pyridine rings is 1. The van der Waals surface area contributed by atoms with Gasteiger partial charge in [-0.3, -0.25) is 4.79 Å². The second kappa shape index (κ2) is 8.94. The van der Waals surface area contributed by atoms with Crippen molar-refractivity contribution in [2.24, 2.45) is 0 Å². The van der Waals surface area contributed by atoms with Crippen LogP contribution in [0, 0.1) is 13.8 Å². The van der Waals surface area contributed by atoms with Gasteiger partial charge in [-0.15, -0.1) is 0 Å². The molecule has 0 bridgehead atoms. The third-order valence-corrected chi connectivity index (χ3v) is 5.70. The zero-order chi connectivity index (χ0) is 23.7. The summed E-state index contributed by atoms with van der Waals surface area (Å²) in [6.07, 6.45) is 4.00. The first-order valence-corrected chi connectivity index (χ1v) is 11.1. The van der Waals surface area contributed by atoms with Crippen LogP contribution in [0.5, 0.6) is 5.75 Å². The van der Waals surface area contributed by atoms with Crippen LogP contribution in [0.3, 0.4) is 0 Å². The molecule has 34 heavy (non-hydrogen) atoms. The van der Waals surface area contributed by atoms with Crippen LogP contribution in [0.25, 0.3) is 16.6 Å². The largest absolute Gasteiger partial charge is 0.487 e. The summed E-state index contributed by atoms with van der Waals surface area (Å²) in [6.45, 7) is 4.69. The fraction of sp³-hybridized carbons (Fsp3) is 0.185. The number of hydrogen-bond acceptors (Lipinski definition) is 5. The number of carbonyl (C=O) groups excluding carboxylic acids is 1. The molecule has 2 aromatic carbocycles. The van der Waals surface area contributed by atoms with Crippen LogP contribution < -0.4 is 4.74 Å². The standard InChI is InChI=1S/C27H25N5O2/c1-18-8-13-26-29-21(15-32(26)14-18)17-34-22-11-9-20(10-12-22)27(33)31(3)16-25-28-19(2)23-6-4-5-7-24(23)30-25/h4-15H,16-17H2,1-3H3. The number of aryl methyl sites for hydroxylation is 2. The average Bonchev–Trinajstić information content (AvgIpc) is 3.24. The number of hydrogen-bond donors (Lipinski definition) is 0. The Balaban J connectivity index is 1.23. The molecular formula is C27H25N5O2. The van der Waals surface area contributed by atoms with Crippen LogP contribution in [0.2, 0.25) is 0 Å². The van der Waals surface area contributed by atoms with Crippen molar-refractivity contribution in [3.05, 3.63) is 101 Å². The zero-order valence-electron chi connectivity index (χ0n) is 19.4. The number of benzene rings is 2. The summed E-state index contributed by atoms with van der Waals surface area (Å²) < 4.78 is 7.87. The van der Waals surface area contributed by atoms with Crippen molar-refractivity contribution in [3.63, 3.8) is 0 Å². The Labute approximate surface area is 197 Å². The SMILES string of the molecule is Cc1ccc2nc(COc3ccc(C(=O)N(C)Cc4nc(C)c5ccccc5n4)cc3)cn2c1. The van der Waals surface area contributed by atoms with Gasteiger partial charge in [0.2, 0.25) is 0 Å².